The Morgan fingerprint density at radius 1 is 1.35 bits per heavy atom. The Morgan fingerprint density at radius 3 is 2.57 bits per heavy atom. The van der Waals surface area contributed by atoms with Gasteiger partial charge < -0.3 is 10.1 Å². The number of halogens is 1. The number of sulfonamides is 1. The van der Waals surface area contributed by atoms with Crippen LogP contribution >= 0.6 is 0 Å². The van der Waals surface area contributed by atoms with E-state index in [2.05, 4.69) is 10.1 Å². The minimum absolute atomic E-state index is 0.410. The lowest BCUT2D eigenvalue weighted by Gasteiger charge is -2.09. The van der Waals surface area contributed by atoms with Crippen molar-refractivity contribution in [2.75, 3.05) is 13.2 Å². The van der Waals surface area contributed by atoms with Gasteiger partial charge in [0.2, 0.25) is 10.0 Å². The van der Waals surface area contributed by atoms with Gasteiger partial charge in [0, 0.05) is 6.54 Å². The molecule has 0 saturated heterocycles. The zero-order valence-corrected chi connectivity index (χ0v) is 13.7. The fourth-order valence-electron chi connectivity index (χ4n) is 1.60. The molecule has 0 aliphatic rings. The van der Waals surface area contributed by atoms with Crippen molar-refractivity contribution < 1.29 is 27.1 Å². The second kappa shape index (κ2) is 8.02. The molecule has 0 aliphatic carbocycles. The number of nitrogens with one attached hydrogen (secondary N) is 1. The number of hydrogen-bond acceptors (Lipinski definition) is 5. The van der Waals surface area contributed by atoms with Crippen molar-refractivity contribution >= 4 is 21.9 Å². The summed E-state index contributed by atoms with van der Waals surface area (Å²) in [5.74, 6) is -2.23. The van der Waals surface area contributed by atoms with E-state index >= 15 is 0 Å². The molecule has 0 bridgehead atoms. The molecular formula is C14H19FN2O5S. The second-order valence-electron chi connectivity index (χ2n) is 5.30. The van der Waals surface area contributed by atoms with Crippen LogP contribution in [-0.4, -0.2) is 33.4 Å². The molecule has 23 heavy (non-hydrogen) atoms. The first kappa shape index (κ1) is 19.0. The first-order chi connectivity index (χ1) is 10.6. The van der Waals surface area contributed by atoms with E-state index < -0.39 is 44.8 Å². The Hall–Kier alpha value is -2.00. The van der Waals surface area contributed by atoms with Crippen LogP contribution in [0.25, 0.3) is 0 Å². The third-order valence-electron chi connectivity index (χ3n) is 2.86. The SMILES string of the molecule is CC(C)CCNC(=O)COC(=O)c1cc(S(N)(=O)=O)ccc1F. The van der Waals surface area contributed by atoms with Gasteiger partial charge in [-0.2, -0.15) is 0 Å². The van der Waals surface area contributed by atoms with E-state index in [9.17, 15) is 22.4 Å². The van der Waals surface area contributed by atoms with Crippen LogP contribution in [0.15, 0.2) is 23.1 Å². The molecule has 0 radical (unpaired) electrons. The number of amides is 1. The Balaban J connectivity index is 2.66. The Labute approximate surface area is 134 Å². The first-order valence-electron chi connectivity index (χ1n) is 6.87. The summed E-state index contributed by atoms with van der Waals surface area (Å²) < 4.78 is 40.7. The van der Waals surface area contributed by atoms with Crippen LogP contribution in [0.5, 0.6) is 0 Å². The minimum Gasteiger partial charge on any atom is -0.452 e. The van der Waals surface area contributed by atoms with E-state index in [1.807, 2.05) is 13.8 Å². The molecule has 0 aliphatic heterocycles. The standard InChI is InChI=1S/C14H19FN2O5S/c1-9(2)5-6-17-13(18)8-22-14(19)11-7-10(23(16,20)21)3-4-12(11)15/h3-4,7,9H,5-6,8H2,1-2H3,(H,17,18)(H2,16,20,21). The summed E-state index contributed by atoms with van der Waals surface area (Å²) >= 11 is 0. The number of ether oxygens (including phenoxy) is 1. The number of primary sulfonamides is 1. The molecule has 0 spiro atoms. The third kappa shape index (κ3) is 6.33. The molecule has 128 valence electrons. The summed E-state index contributed by atoms with van der Waals surface area (Å²) in [6, 6.07) is 2.49. The topological polar surface area (TPSA) is 116 Å². The molecule has 7 nitrogen and oxygen atoms in total. The number of benzene rings is 1. The van der Waals surface area contributed by atoms with E-state index in [1.54, 1.807) is 0 Å². The molecule has 1 amide bonds. The molecule has 0 unspecified atom stereocenters. The molecule has 1 aromatic carbocycles. The van der Waals surface area contributed by atoms with Gasteiger partial charge in [0.1, 0.15) is 5.82 Å². The number of nitrogens with two attached hydrogens (primary N) is 1. The smallest absolute Gasteiger partial charge is 0.341 e. The maximum atomic E-state index is 13.6. The van der Waals surface area contributed by atoms with Crippen LogP contribution in [0.1, 0.15) is 30.6 Å². The van der Waals surface area contributed by atoms with Gasteiger partial charge in [-0.15, -0.1) is 0 Å². The molecule has 3 N–H and O–H groups in total. The highest BCUT2D eigenvalue weighted by Gasteiger charge is 2.18. The van der Waals surface area contributed by atoms with E-state index in [-0.39, 0.29) is 0 Å². The van der Waals surface area contributed by atoms with E-state index in [0.29, 0.717) is 12.5 Å². The van der Waals surface area contributed by atoms with E-state index in [4.69, 9.17) is 5.14 Å². The largest absolute Gasteiger partial charge is 0.452 e. The van der Waals surface area contributed by atoms with Crippen LogP contribution in [-0.2, 0) is 19.6 Å². The summed E-state index contributed by atoms with van der Waals surface area (Å²) in [5, 5.41) is 7.46. The Kier molecular flexibility index (Phi) is 6.64. The predicted molar refractivity (Wildman–Crippen MR) is 80.5 cm³/mol. The summed E-state index contributed by atoms with van der Waals surface area (Å²) in [6.45, 7) is 3.83. The zero-order chi connectivity index (χ0) is 17.6. The van der Waals surface area contributed by atoms with Gasteiger partial charge in [0.05, 0.1) is 10.5 Å². The van der Waals surface area contributed by atoms with Crippen LogP contribution in [0.4, 0.5) is 4.39 Å². The Morgan fingerprint density at radius 2 is 2.00 bits per heavy atom. The molecule has 0 fully saturated rings. The maximum Gasteiger partial charge on any atom is 0.341 e. The highest BCUT2D eigenvalue weighted by Crippen LogP contribution is 2.15. The van der Waals surface area contributed by atoms with Crippen molar-refractivity contribution in [1.82, 2.24) is 5.32 Å². The van der Waals surface area contributed by atoms with E-state index in [1.165, 1.54) is 0 Å². The number of carbonyl (C=O) groups is 2. The van der Waals surface area contributed by atoms with Crippen molar-refractivity contribution in [3.63, 3.8) is 0 Å². The molecule has 0 aromatic heterocycles. The summed E-state index contributed by atoms with van der Waals surface area (Å²) in [7, 11) is -4.08. The quantitative estimate of drug-likeness (QED) is 0.708. The zero-order valence-electron chi connectivity index (χ0n) is 12.8. The lowest BCUT2D eigenvalue weighted by Crippen LogP contribution is -2.30. The lowest BCUT2D eigenvalue weighted by molar-refractivity contribution is -0.124. The highest BCUT2D eigenvalue weighted by atomic mass is 32.2. The van der Waals surface area contributed by atoms with Crippen molar-refractivity contribution in [3.05, 3.63) is 29.6 Å². The average molecular weight is 346 g/mol. The predicted octanol–water partition coefficient (Wildman–Crippen LogP) is 0.792. The number of esters is 1. The van der Waals surface area contributed by atoms with Crippen molar-refractivity contribution in [1.29, 1.82) is 0 Å². The van der Waals surface area contributed by atoms with E-state index in [0.717, 1.165) is 24.6 Å². The number of hydrogen-bond donors (Lipinski definition) is 2. The van der Waals surface area contributed by atoms with Crippen molar-refractivity contribution in [2.24, 2.45) is 11.1 Å². The minimum atomic E-state index is -4.08. The number of carbonyl (C=O) groups excluding carboxylic acids is 2. The van der Waals surface area contributed by atoms with Gasteiger partial charge >= 0.3 is 5.97 Å². The van der Waals surface area contributed by atoms with Gasteiger partial charge in [0.15, 0.2) is 6.61 Å². The molecule has 1 rings (SSSR count). The molecule has 1 aromatic rings. The van der Waals surface area contributed by atoms with Gasteiger partial charge in [-0.05, 0) is 30.5 Å². The monoisotopic (exact) mass is 346 g/mol. The fourth-order valence-corrected chi connectivity index (χ4v) is 2.14. The molecular weight excluding hydrogens is 327 g/mol. The van der Waals surface area contributed by atoms with Crippen molar-refractivity contribution in [3.8, 4) is 0 Å². The van der Waals surface area contributed by atoms with Gasteiger partial charge in [-0.3, -0.25) is 4.79 Å². The normalized spacial score (nSPS) is 11.3. The van der Waals surface area contributed by atoms with Crippen LogP contribution < -0.4 is 10.5 Å². The van der Waals surface area contributed by atoms with Crippen LogP contribution in [0, 0.1) is 11.7 Å². The second-order valence-corrected chi connectivity index (χ2v) is 6.86. The fraction of sp³-hybridized carbons (Fsp3) is 0.429. The van der Waals surface area contributed by atoms with Crippen LogP contribution in [0.2, 0.25) is 0 Å². The summed E-state index contributed by atoms with van der Waals surface area (Å²) in [6.07, 6.45) is 0.769. The first-order valence-corrected chi connectivity index (χ1v) is 8.42. The molecule has 0 heterocycles. The molecule has 0 atom stereocenters. The Bertz CT molecular complexity index is 688. The third-order valence-corrected chi connectivity index (χ3v) is 3.78. The van der Waals surface area contributed by atoms with Gasteiger partial charge in [-0.25, -0.2) is 22.7 Å². The van der Waals surface area contributed by atoms with Gasteiger partial charge in [-0.1, -0.05) is 13.8 Å². The van der Waals surface area contributed by atoms with Crippen molar-refractivity contribution in [2.45, 2.75) is 25.2 Å². The molecule has 9 heteroatoms. The number of rotatable bonds is 7. The summed E-state index contributed by atoms with van der Waals surface area (Å²) in [5.41, 5.74) is -0.605. The summed E-state index contributed by atoms with van der Waals surface area (Å²) in [4.78, 5) is 22.8. The van der Waals surface area contributed by atoms with Crippen LogP contribution in [0.3, 0.4) is 0 Å². The van der Waals surface area contributed by atoms with Gasteiger partial charge in [0.25, 0.3) is 5.91 Å². The average Bonchev–Trinajstić information content (AvgIpc) is 2.43. The molecule has 0 saturated carbocycles. The highest BCUT2D eigenvalue weighted by molar-refractivity contribution is 7.89. The lowest BCUT2D eigenvalue weighted by atomic mass is 10.1. The maximum absolute atomic E-state index is 13.6.